The summed E-state index contributed by atoms with van der Waals surface area (Å²) in [6, 6.07) is -0.557. The van der Waals surface area contributed by atoms with E-state index in [1.54, 1.807) is 0 Å². The molecule has 0 aromatic heterocycles. The van der Waals surface area contributed by atoms with Gasteiger partial charge in [0.05, 0.1) is 25.4 Å². The fraction of sp³-hybridized carbons (Fsp3) is 0.955. The van der Waals surface area contributed by atoms with E-state index in [2.05, 4.69) is 19.2 Å². The molecule has 0 aliphatic carbocycles. The van der Waals surface area contributed by atoms with Crippen molar-refractivity contribution in [2.45, 2.75) is 257 Å². The summed E-state index contributed by atoms with van der Waals surface area (Å²) in [7, 11) is 0. The van der Waals surface area contributed by atoms with E-state index in [-0.39, 0.29) is 18.5 Å². The van der Waals surface area contributed by atoms with Crippen molar-refractivity contribution in [3.8, 4) is 0 Å². The molecule has 0 saturated carbocycles. The number of carbonyl (C=O) groups excluding carboxylic acids is 2. The largest absolute Gasteiger partial charge is 0.466 e. The maximum absolute atomic E-state index is 12.4. The van der Waals surface area contributed by atoms with Crippen LogP contribution in [0.25, 0.3) is 0 Å². The molecule has 0 aromatic carbocycles. The van der Waals surface area contributed by atoms with Gasteiger partial charge in [-0.05, 0) is 25.7 Å². The average Bonchev–Trinajstić information content (AvgIpc) is 3.11. The minimum Gasteiger partial charge on any atom is -0.466 e. The van der Waals surface area contributed by atoms with Crippen LogP contribution in [0, 0.1) is 0 Å². The smallest absolute Gasteiger partial charge is 0.305 e. The van der Waals surface area contributed by atoms with Crippen molar-refractivity contribution in [3.05, 3.63) is 0 Å². The number of ether oxygens (including phenoxy) is 1. The van der Waals surface area contributed by atoms with E-state index >= 15 is 0 Å². The Morgan fingerprint density at radius 3 is 1.22 bits per heavy atom. The Morgan fingerprint density at radius 1 is 0.480 bits per heavy atom. The van der Waals surface area contributed by atoms with E-state index in [9.17, 15) is 19.8 Å². The van der Waals surface area contributed by atoms with Crippen LogP contribution < -0.4 is 5.32 Å². The highest BCUT2D eigenvalue weighted by Gasteiger charge is 2.20. The van der Waals surface area contributed by atoms with Crippen LogP contribution in [0.5, 0.6) is 0 Å². The summed E-state index contributed by atoms with van der Waals surface area (Å²) in [5.41, 5.74) is 0. The Morgan fingerprint density at radius 2 is 0.820 bits per heavy atom. The molecule has 0 radical (unpaired) electrons. The number of rotatable bonds is 41. The minimum atomic E-state index is -0.678. The molecule has 0 bridgehead atoms. The third kappa shape index (κ3) is 36.6. The van der Waals surface area contributed by atoms with Crippen LogP contribution in [0.15, 0.2) is 0 Å². The van der Waals surface area contributed by atoms with Crippen LogP contribution in [0.4, 0.5) is 0 Å². The molecule has 0 fully saturated rings. The first-order chi connectivity index (χ1) is 24.5. The van der Waals surface area contributed by atoms with Crippen molar-refractivity contribution >= 4 is 11.9 Å². The van der Waals surface area contributed by atoms with Gasteiger partial charge >= 0.3 is 5.97 Å². The molecule has 0 heterocycles. The molecule has 2 unspecified atom stereocenters. The molecule has 6 nitrogen and oxygen atoms in total. The van der Waals surface area contributed by atoms with Crippen LogP contribution in [0.1, 0.15) is 245 Å². The predicted octanol–water partition coefficient (Wildman–Crippen LogP) is 12.5. The summed E-state index contributed by atoms with van der Waals surface area (Å²) < 4.78 is 5.43. The lowest BCUT2D eigenvalue weighted by Gasteiger charge is -2.22. The lowest BCUT2D eigenvalue weighted by Crippen LogP contribution is -2.45. The van der Waals surface area contributed by atoms with Crippen molar-refractivity contribution in [2.75, 3.05) is 13.2 Å². The maximum Gasteiger partial charge on any atom is 0.305 e. The van der Waals surface area contributed by atoms with E-state index in [1.807, 2.05) is 0 Å². The van der Waals surface area contributed by atoms with Crippen LogP contribution in [0.2, 0.25) is 0 Å². The molecule has 2 atom stereocenters. The molecule has 0 spiro atoms. The Bertz CT molecular complexity index is 702. The molecule has 0 saturated heterocycles. The Balaban J connectivity index is 3.49. The standard InChI is InChI=1S/C44H87NO5/c1-3-5-7-9-11-13-15-17-20-24-28-32-36-42(47)41(40-46)45-43(48)37-33-29-25-21-19-23-27-31-35-39-50-44(49)38-34-30-26-22-18-16-14-12-10-8-6-4-2/h41-42,46-47H,3-40H2,1-2H3,(H,45,48). The SMILES string of the molecule is CCCCCCCCCCCCCCC(=O)OCCCCCCCCCCCC(=O)NC(CO)C(O)CCCCCCCCCCCCCC. The summed E-state index contributed by atoms with van der Waals surface area (Å²) >= 11 is 0. The monoisotopic (exact) mass is 710 g/mol. The lowest BCUT2D eigenvalue weighted by atomic mass is 10.0. The topological polar surface area (TPSA) is 95.9 Å². The van der Waals surface area contributed by atoms with Crippen molar-refractivity contribution in [2.24, 2.45) is 0 Å². The zero-order chi connectivity index (χ0) is 36.6. The van der Waals surface area contributed by atoms with Gasteiger partial charge in [0, 0.05) is 12.8 Å². The first-order valence-corrected chi connectivity index (χ1v) is 22.3. The summed E-state index contributed by atoms with van der Waals surface area (Å²) in [6.45, 7) is 4.88. The highest BCUT2D eigenvalue weighted by Crippen LogP contribution is 2.16. The van der Waals surface area contributed by atoms with Crippen LogP contribution >= 0.6 is 0 Å². The van der Waals surface area contributed by atoms with Gasteiger partial charge in [-0.3, -0.25) is 9.59 Å². The minimum absolute atomic E-state index is 0.0244. The fourth-order valence-corrected chi connectivity index (χ4v) is 6.93. The zero-order valence-corrected chi connectivity index (χ0v) is 33.6. The van der Waals surface area contributed by atoms with Gasteiger partial charge in [0.1, 0.15) is 0 Å². The predicted molar refractivity (Wildman–Crippen MR) is 214 cm³/mol. The number of esters is 1. The highest BCUT2D eigenvalue weighted by atomic mass is 16.5. The number of nitrogens with one attached hydrogen (secondary N) is 1. The second-order valence-electron chi connectivity index (χ2n) is 15.4. The molecular formula is C44H87NO5. The highest BCUT2D eigenvalue weighted by molar-refractivity contribution is 5.76. The molecule has 0 aliphatic heterocycles. The second kappa shape index (κ2) is 40.6. The van der Waals surface area contributed by atoms with Crippen LogP contribution in [-0.4, -0.2) is 47.4 Å². The Kier molecular flexibility index (Phi) is 39.7. The number of carbonyl (C=O) groups is 2. The van der Waals surface area contributed by atoms with Crippen molar-refractivity contribution < 1.29 is 24.5 Å². The zero-order valence-electron chi connectivity index (χ0n) is 33.6. The molecule has 298 valence electrons. The average molecular weight is 710 g/mol. The van der Waals surface area contributed by atoms with E-state index in [1.165, 1.54) is 154 Å². The molecule has 0 aromatic rings. The normalized spacial score (nSPS) is 12.6. The number of hydrogen-bond acceptors (Lipinski definition) is 5. The van der Waals surface area contributed by atoms with Gasteiger partial charge in [0.2, 0.25) is 5.91 Å². The van der Waals surface area contributed by atoms with E-state index in [0.29, 0.717) is 25.9 Å². The maximum atomic E-state index is 12.4. The van der Waals surface area contributed by atoms with Gasteiger partial charge in [0.15, 0.2) is 0 Å². The van der Waals surface area contributed by atoms with Gasteiger partial charge in [-0.2, -0.15) is 0 Å². The molecule has 6 heteroatoms. The number of unbranched alkanes of at least 4 members (excludes halogenated alkanes) is 30. The number of aliphatic hydroxyl groups is 2. The van der Waals surface area contributed by atoms with E-state index in [4.69, 9.17) is 4.74 Å². The lowest BCUT2D eigenvalue weighted by molar-refractivity contribution is -0.143. The van der Waals surface area contributed by atoms with E-state index in [0.717, 1.165) is 57.8 Å². The third-order valence-corrected chi connectivity index (χ3v) is 10.4. The summed E-state index contributed by atoms with van der Waals surface area (Å²) in [6.07, 6.45) is 41.9. The molecule has 50 heavy (non-hydrogen) atoms. The van der Waals surface area contributed by atoms with Gasteiger partial charge in [-0.15, -0.1) is 0 Å². The molecule has 3 N–H and O–H groups in total. The van der Waals surface area contributed by atoms with Gasteiger partial charge < -0.3 is 20.3 Å². The Labute approximate surface area is 311 Å². The van der Waals surface area contributed by atoms with Gasteiger partial charge in [-0.1, -0.05) is 206 Å². The first kappa shape index (κ1) is 48.9. The number of amides is 1. The van der Waals surface area contributed by atoms with Gasteiger partial charge in [0.25, 0.3) is 0 Å². The second-order valence-corrected chi connectivity index (χ2v) is 15.4. The van der Waals surface area contributed by atoms with E-state index < -0.39 is 12.1 Å². The third-order valence-electron chi connectivity index (χ3n) is 10.4. The Hall–Kier alpha value is -1.14. The van der Waals surface area contributed by atoms with Crippen molar-refractivity contribution in [1.29, 1.82) is 0 Å². The van der Waals surface area contributed by atoms with Crippen LogP contribution in [0.3, 0.4) is 0 Å². The first-order valence-electron chi connectivity index (χ1n) is 22.3. The summed E-state index contributed by atoms with van der Waals surface area (Å²) in [5, 5.41) is 23.1. The summed E-state index contributed by atoms with van der Waals surface area (Å²) in [5.74, 6) is -0.0868. The van der Waals surface area contributed by atoms with Crippen LogP contribution in [-0.2, 0) is 14.3 Å². The van der Waals surface area contributed by atoms with Gasteiger partial charge in [-0.25, -0.2) is 0 Å². The number of aliphatic hydroxyl groups excluding tert-OH is 2. The van der Waals surface area contributed by atoms with Crippen molar-refractivity contribution in [1.82, 2.24) is 5.32 Å². The molecule has 0 rings (SSSR count). The number of hydrogen-bond donors (Lipinski definition) is 3. The molecule has 1 amide bonds. The summed E-state index contributed by atoms with van der Waals surface area (Å²) in [4.78, 5) is 24.3. The van der Waals surface area contributed by atoms with Crippen molar-refractivity contribution in [3.63, 3.8) is 0 Å². The molecule has 0 aliphatic rings. The molecular weight excluding hydrogens is 622 g/mol. The fourth-order valence-electron chi connectivity index (χ4n) is 6.93. The quantitative estimate of drug-likeness (QED) is 0.0434.